The Hall–Kier alpha value is -0.460. The van der Waals surface area contributed by atoms with Crippen LogP contribution in [0.1, 0.15) is 32.6 Å². The van der Waals surface area contributed by atoms with Crippen molar-refractivity contribution < 1.29 is 0 Å². The highest BCUT2D eigenvalue weighted by molar-refractivity contribution is 5.25. The van der Waals surface area contributed by atoms with Crippen LogP contribution in [0.2, 0.25) is 0 Å². The van der Waals surface area contributed by atoms with Crippen molar-refractivity contribution in [3.05, 3.63) is 11.8 Å². The van der Waals surface area contributed by atoms with Gasteiger partial charge < -0.3 is 5.73 Å². The highest BCUT2D eigenvalue weighted by Gasteiger charge is 2.65. The molecule has 0 aromatic rings. The van der Waals surface area contributed by atoms with E-state index < -0.39 is 0 Å². The molecule has 0 bridgehead atoms. The van der Waals surface area contributed by atoms with Crippen LogP contribution in [-0.4, -0.2) is 0 Å². The van der Waals surface area contributed by atoms with E-state index in [-0.39, 0.29) is 0 Å². The lowest BCUT2D eigenvalue weighted by Crippen LogP contribution is -2.17. The van der Waals surface area contributed by atoms with Gasteiger partial charge in [0.05, 0.1) is 0 Å². The van der Waals surface area contributed by atoms with E-state index in [0.29, 0.717) is 5.41 Å². The number of rotatable bonds is 0. The Balaban J connectivity index is 1.98. The van der Waals surface area contributed by atoms with Gasteiger partial charge in [-0.05, 0) is 42.4 Å². The molecule has 0 heterocycles. The third-order valence-corrected chi connectivity index (χ3v) is 4.46. The van der Waals surface area contributed by atoms with E-state index in [2.05, 4.69) is 13.0 Å². The van der Waals surface area contributed by atoms with Gasteiger partial charge in [-0.15, -0.1) is 0 Å². The van der Waals surface area contributed by atoms with Crippen LogP contribution in [0.5, 0.6) is 0 Å². The predicted octanol–water partition coefficient (Wildman–Crippen LogP) is 2.29. The van der Waals surface area contributed by atoms with E-state index >= 15 is 0 Å². The van der Waals surface area contributed by atoms with E-state index in [1.165, 1.54) is 31.4 Å². The number of allylic oxidation sites excluding steroid dienone is 2. The average molecular weight is 163 g/mol. The molecule has 2 fully saturated rings. The lowest BCUT2D eigenvalue weighted by molar-refractivity contribution is 0.368. The first-order valence-electron chi connectivity index (χ1n) is 5.18. The molecule has 12 heavy (non-hydrogen) atoms. The van der Waals surface area contributed by atoms with Crippen LogP contribution in [-0.2, 0) is 0 Å². The Morgan fingerprint density at radius 2 is 2.33 bits per heavy atom. The van der Waals surface area contributed by atoms with Crippen molar-refractivity contribution in [3.8, 4) is 0 Å². The Morgan fingerprint density at radius 3 is 3.17 bits per heavy atom. The number of fused-ring (bicyclic) bond motifs is 1. The van der Waals surface area contributed by atoms with Gasteiger partial charge in [0, 0.05) is 5.70 Å². The van der Waals surface area contributed by atoms with Crippen LogP contribution in [0.4, 0.5) is 0 Å². The first-order chi connectivity index (χ1) is 5.72. The van der Waals surface area contributed by atoms with Gasteiger partial charge in [-0.3, -0.25) is 0 Å². The molecule has 3 aliphatic carbocycles. The highest BCUT2D eigenvalue weighted by Crippen LogP contribution is 2.71. The maximum absolute atomic E-state index is 5.95. The summed E-state index contributed by atoms with van der Waals surface area (Å²) in [6, 6.07) is 0. The molecule has 0 amide bonds. The van der Waals surface area contributed by atoms with Gasteiger partial charge >= 0.3 is 0 Å². The molecule has 4 atom stereocenters. The number of nitrogens with two attached hydrogens (primary N) is 1. The van der Waals surface area contributed by atoms with Gasteiger partial charge in [0.25, 0.3) is 0 Å². The third kappa shape index (κ3) is 0.657. The molecule has 3 aliphatic rings. The van der Waals surface area contributed by atoms with E-state index in [4.69, 9.17) is 5.73 Å². The summed E-state index contributed by atoms with van der Waals surface area (Å²) in [6.45, 7) is 2.44. The fourth-order valence-electron chi connectivity index (χ4n) is 3.96. The first kappa shape index (κ1) is 6.99. The van der Waals surface area contributed by atoms with Crippen LogP contribution in [0.25, 0.3) is 0 Å². The standard InChI is InChI=1S/C11H17N/c1-11-6-8(12)5-7-3-2-4-9(11)10(7)11/h5,7,9-10H,2-4,6,12H2,1H3. The van der Waals surface area contributed by atoms with Crippen molar-refractivity contribution in [1.29, 1.82) is 0 Å². The summed E-state index contributed by atoms with van der Waals surface area (Å²) >= 11 is 0. The zero-order chi connectivity index (χ0) is 8.34. The minimum atomic E-state index is 0.625. The minimum Gasteiger partial charge on any atom is -0.402 e. The molecular weight excluding hydrogens is 146 g/mol. The fraction of sp³-hybridized carbons (Fsp3) is 0.818. The minimum absolute atomic E-state index is 0.625. The maximum atomic E-state index is 5.95. The van der Waals surface area contributed by atoms with Gasteiger partial charge in [-0.25, -0.2) is 0 Å². The summed E-state index contributed by atoms with van der Waals surface area (Å²) in [5.74, 6) is 2.88. The summed E-state index contributed by atoms with van der Waals surface area (Å²) in [7, 11) is 0. The van der Waals surface area contributed by atoms with E-state index in [1.54, 1.807) is 0 Å². The predicted molar refractivity (Wildman–Crippen MR) is 49.3 cm³/mol. The highest BCUT2D eigenvalue weighted by atomic mass is 14.7. The molecule has 4 unspecified atom stereocenters. The van der Waals surface area contributed by atoms with Crippen LogP contribution in [0.3, 0.4) is 0 Å². The van der Waals surface area contributed by atoms with Gasteiger partial charge in [0.1, 0.15) is 0 Å². The van der Waals surface area contributed by atoms with Gasteiger partial charge in [0.15, 0.2) is 0 Å². The van der Waals surface area contributed by atoms with Crippen molar-refractivity contribution >= 4 is 0 Å². The van der Waals surface area contributed by atoms with Crippen molar-refractivity contribution in [2.24, 2.45) is 28.9 Å². The van der Waals surface area contributed by atoms with Gasteiger partial charge in [-0.1, -0.05) is 19.4 Å². The van der Waals surface area contributed by atoms with Crippen molar-refractivity contribution in [2.75, 3.05) is 0 Å². The molecule has 2 saturated carbocycles. The molecule has 66 valence electrons. The molecule has 3 rings (SSSR count). The van der Waals surface area contributed by atoms with Crippen LogP contribution in [0.15, 0.2) is 11.8 Å². The first-order valence-corrected chi connectivity index (χ1v) is 5.18. The largest absolute Gasteiger partial charge is 0.402 e. The number of hydrogen-bond acceptors (Lipinski definition) is 1. The SMILES string of the molecule is CC12CC(N)=CC3CCCC1C32. The molecule has 1 heteroatoms. The molecule has 2 N–H and O–H groups in total. The Morgan fingerprint density at radius 1 is 1.50 bits per heavy atom. The molecular formula is C11H17N. The second kappa shape index (κ2) is 1.89. The quantitative estimate of drug-likeness (QED) is 0.582. The molecule has 0 saturated heterocycles. The lowest BCUT2D eigenvalue weighted by Gasteiger charge is -2.23. The Kier molecular flexibility index (Phi) is 1.10. The molecule has 0 spiro atoms. The van der Waals surface area contributed by atoms with Crippen molar-refractivity contribution in [3.63, 3.8) is 0 Å². The van der Waals surface area contributed by atoms with Crippen LogP contribution < -0.4 is 5.73 Å². The molecule has 0 radical (unpaired) electrons. The zero-order valence-electron chi connectivity index (χ0n) is 7.72. The van der Waals surface area contributed by atoms with Crippen LogP contribution in [0, 0.1) is 23.2 Å². The van der Waals surface area contributed by atoms with E-state index in [9.17, 15) is 0 Å². The number of hydrogen-bond donors (Lipinski definition) is 1. The van der Waals surface area contributed by atoms with Gasteiger partial charge in [-0.2, -0.15) is 0 Å². The fourth-order valence-corrected chi connectivity index (χ4v) is 3.96. The molecule has 0 aromatic heterocycles. The van der Waals surface area contributed by atoms with E-state index in [1.807, 2.05) is 0 Å². The summed E-state index contributed by atoms with van der Waals surface area (Å²) in [5, 5.41) is 0. The molecule has 0 aromatic carbocycles. The van der Waals surface area contributed by atoms with Crippen LogP contribution >= 0.6 is 0 Å². The van der Waals surface area contributed by atoms with Gasteiger partial charge in [0.2, 0.25) is 0 Å². The monoisotopic (exact) mass is 163 g/mol. The average Bonchev–Trinajstić information content (AvgIpc) is 2.58. The van der Waals surface area contributed by atoms with Crippen molar-refractivity contribution in [1.82, 2.24) is 0 Å². The smallest absolute Gasteiger partial charge is 0.00485 e. The second-order valence-electron chi connectivity index (χ2n) is 5.15. The summed E-state index contributed by atoms with van der Waals surface area (Å²) in [6.07, 6.45) is 7.84. The normalized spacial score (nSPS) is 55.8. The summed E-state index contributed by atoms with van der Waals surface area (Å²) in [5.41, 5.74) is 7.75. The maximum Gasteiger partial charge on any atom is 0.00485 e. The topological polar surface area (TPSA) is 26.0 Å². The molecule has 0 aliphatic heterocycles. The third-order valence-electron chi connectivity index (χ3n) is 4.46. The molecule has 1 nitrogen and oxygen atoms in total. The zero-order valence-corrected chi connectivity index (χ0v) is 7.72. The Bertz CT molecular complexity index is 256. The summed E-state index contributed by atoms with van der Waals surface area (Å²) in [4.78, 5) is 0. The summed E-state index contributed by atoms with van der Waals surface area (Å²) < 4.78 is 0. The Labute approximate surface area is 74.0 Å². The lowest BCUT2D eigenvalue weighted by atomic mass is 9.83. The van der Waals surface area contributed by atoms with Crippen molar-refractivity contribution in [2.45, 2.75) is 32.6 Å². The van der Waals surface area contributed by atoms with E-state index in [0.717, 1.165) is 17.8 Å². The second-order valence-corrected chi connectivity index (χ2v) is 5.15.